The molecule has 1 atom stereocenters. The van der Waals surface area contributed by atoms with Crippen molar-refractivity contribution in [3.05, 3.63) is 35.9 Å². The molecular formula is C18H29NO2. The molecule has 0 amide bonds. The Balaban J connectivity index is 1.81. The molecule has 1 fully saturated rings. The fourth-order valence-electron chi connectivity index (χ4n) is 2.89. The van der Waals surface area contributed by atoms with Gasteiger partial charge in [0, 0.05) is 38.6 Å². The van der Waals surface area contributed by atoms with Gasteiger partial charge in [-0.1, -0.05) is 44.2 Å². The third kappa shape index (κ3) is 5.42. The van der Waals surface area contributed by atoms with Gasteiger partial charge in [-0.05, 0) is 24.3 Å². The largest absolute Gasteiger partial charge is 0.388 e. The summed E-state index contributed by atoms with van der Waals surface area (Å²) in [6.45, 7) is 6.52. The quantitative estimate of drug-likeness (QED) is 0.811. The van der Waals surface area contributed by atoms with E-state index in [2.05, 4.69) is 49.5 Å². The topological polar surface area (TPSA) is 41.5 Å². The molecule has 0 aromatic heterocycles. The third-order valence-corrected chi connectivity index (χ3v) is 4.51. The van der Waals surface area contributed by atoms with Gasteiger partial charge in [0.15, 0.2) is 0 Å². The molecule has 0 aliphatic carbocycles. The van der Waals surface area contributed by atoms with E-state index < -0.39 is 5.60 Å². The Labute approximate surface area is 128 Å². The summed E-state index contributed by atoms with van der Waals surface area (Å²) in [6, 6.07) is 11.1. The lowest BCUT2D eigenvalue weighted by Gasteiger charge is -2.34. The molecule has 0 saturated carbocycles. The van der Waals surface area contributed by atoms with Gasteiger partial charge in [-0.2, -0.15) is 0 Å². The Bertz CT molecular complexity index is 399. The molecule has 1 heterocycles. The van der Waals surface area contributed by atoms with Crippen molar-refractivity contribution in [3.8, 4) is 0 Å². The summed E-state index contributed by atoms with van der Waals surface area (Å²) in [6.07, 6.45) is 3.67. The third-order valence-electron chi connectivity index (χ3n) is 4.51. The molecule has 1 aromatic carbocycles. The van der Waals surface area contributed by atoms with E-state index in [0.29, 0.717) is 31.7 Å². The van der Waals surface area contributed by atoms with Gasteiger partial charge in [-0.15, -0.1) is 0 Å². The predicted octanol–water partition coefficient (Wildman–Crippen LogP) is 2.77. The maximum Gasteiger partial charge on any atom is 0.0815 e. The van der Waals surface area contributed by atoms with Crippen molar-refractivity contribution in [3.63, 3.8) is 0 Å². The van der Waals surface area contributed by atoms with Gasteiger partial charge < -0.3 is 15.2 Å². The molecule has 0 spiro atoms. The van der Waals surface area contributed by atoms with Crippen LogP contribution < -0.4 is 5.32 Å². The Hall–Kier alpha value is -0.900. The summed E-state index contributed by atoms with van der Waals surface area (Å²) in [5.41, 5.74) is 0.799. The highest BCUT2D eigenvalue weighted by atomic mass is 16.5. The van der Waals surface area contributed by atoms with Crippen LogP contribution >= 0.6 is 0 Å². The Morgan fingerprint density at radius 1 is 1.19 bits per heavy atom. The first-order valence-corrected chi connectivity index (χ1v) is 8.16. The highest BCUT2D eigenvalue weighted by Gasteiger charge is 2.30. The zero-order chi connectivity index (χ0) is 15.1. The smallest absolute Gasteiger partial charge is 0.0815 e. The van der Waals surface area contributed by atoms with Crippen molar-refractivity contribution in [2.75, 3.05) is 19.8 Å². The average molecular weight is 291 g/mol. The fraction of sp³-hybridized carbons (Fsp3) is 0.667. The molecule has 2 N–H and O–H groups in total. The molecule has 1 saturated heterocycles. The summed E-state index contributed by atoms with van der Waals surface area (Å²) >= 11 is 0. The number of aryl methyl sites for hydroxylation is 1. The zero-order valence-corrected chi connectivity index (χ0v) is 13.3. The number of nitrogens with one attached hydrogen (secondary N) is 1. The van der Waals surface area contributed by atoms with Gasteiger partial charge in [0.1, 0.15) is 0 Å². The van der Waals surface area contributed by atoms with E-state index in [1.807, 2.05) is 0 Å². The lowest BCUT2D eigenvalue weighted by molar-refractivity contribution is -0.0634. The molecule has 1 aliphatic rings. The van der Waals surface area contributed by atoms with E-state index >= 15 is 0 Å². The van der Waals surface area contributed by atoms with E-state index in [9.17, 15) is 5.11 Å². The second kappa shape index (κ2) is 7.92. The predicted molar refractivity (Wildman–Crippen MR) is 86.4 cm³/mol. The van der Waals surface area contributed by atoms with Crippen molar-refractivity contribution in [1.82, 2.24) is 5.32 Å². The molecule has 1 unspecified atom stereocenters. The van der Waals surface area contributed by atoms with Gasteiger partial charge in [0.2, 0.25) is 0 Å². The summed E-state index contributed by atoms with van der Waals surface area (Å²) in [7, 11) is 0. The molecule has 1 aliphatic heterocycles. The Morgan fingerprint density at radius 3 is 2.48 bits per heavy atom. The van der Waals surface area contributed by atoms with E-state index in [-0.39, 0.29) is 0 Å². The van der Waals surface area contributed by atoms with Crippen LogP contribution in [0.4, 0.5) is 0 Å². The van der Waals surface area contributed by atoms with Crippen molar-refractivity contribution in [2.45, 2.75) is 51.2 Å². The van der Waals surface area contributed by atoms with Crippen molar-refractivity contribution in [2.24, 2.45) is 5.92 Å². The molecule has 3 nitrogen and oxygen atoms in total. The van der Waals surface area contributed by atoms with Crippen LogP contribution in [-0.2, 0) is 11.2 Å². The lowest BCUT2D eigenvalue weighted by atomic mass is 9.92. The van der Waals surface area contributed by atoms with Crippen molar-refractivity contribution < 1.29 is 9.84 Å². The van der Waals surface area contributed by atoms with E-state index in [0.717, 1.165) is 25.7 Å². The summed E-state index contributed by atoms with van der Waals surface area (Å²) in [5, 5.41) is 14.1. The first-order chi connectivity index (χ1) is 10.1. The van der Waals surface area contributed by atoms with Crippen LogP contribution in [0.15, 0.2) is 30.3 Å². The molecular weight excluding hydrogens is 262 g/mol. The minimum Gasteiger partial charge on any atom is -0.388 e. The molecule has 0 radical (unpaired) electrons. The monoisotopic (exact) mass is 291 g/mol. The fourth-order valence-corrected chi connectivity index (χ4v) is 2.89. The summed E-state index contributed by atoms with van der Waals surface area (Å²) in [5.74, 6) is 0.567. The number of rotatable bonds is 7. The Morgan fingerprint density at radius 2 is 1.86 bits per heavy atom. The molecule has 21 heavy (non-hydrogen) atoms. The van der Waals surface area contributed by atoms with Crippen LogP contribution in [0.25, 0.3) is 0 Å². The Kier molecular flexibility index (Phi) is 6.22. The van der Waals surface area contributed by atoms with Gasteiger partial charge in [0.05, 0.1) is 5.60 Å². The van der Waals surface area contributed by atoms with Gasteiger partial charge >= 0.3 is 0 Å². The average Bonchev–Trinajstić information content (AvgIpc) is 2.48. The van der Waals surface area contributed by atoms with Crippen LogP contribution in [0.2, 0.25) is 0 Å². The molecule has 0 bridgehead atoms. The maximum atomic E-state index is 10.5. The molecule has 3 heteroatoms. The van der Waals surface area contributed by atoms with Crippen LogP contribution in [0.5, 0.6) is 0 Å². The number of hydrogen-bond donors (Lipinski definition) is 2. The molecule has 1 aromatic rings. The van der Waals surface area contributed by atoms with E-state index in [4.69, 9.17) is 4.74 Å². The number of benzene rings is 1. The maximum absolute atomic E-state index is 10.5. The summed E-state index contributed by atoms with van der Waals surface area (Å²) in [4.78, 5) is 0. The van der Waals surface area contributed by atoms with Gasteiger partial charge in [-0.3, -0.25) is 0 Å². The molecule has 2 rings (SSSR count). The first-order valence-electron chi connectivity index (χ1n) is 8.16. The minimum atomic E-state index is -0.585. The molecule has 118 valence electrons. The van der Waals surface area contributed by atoms with Crippen molar-refractivity contribution >= 4 is 0 Å². The van der Waals surface area contributed by atoms with E-state index in [1.54, 1.807) is 0 Å². The van der Waals surface area contributed by atoms with Crippen LogP contribution in [0, 0.1) is 5.92 Å². The van der Waals surface area contributed by atoms with E-state index in [1.165, 1.54) is 5.56 Å². The standard InChI is InChI=1S/C18H29NO2/c1-15(2)17(9-8-16-6-4-3-5-7-16)19-14-18(20)10-12-21-13-11-18/h3-7,15,17,19-20H,8-14H2,1-2H3. The first kappa shape index (κ1) is 16.5. The second-order valence-corrected chi connectivity index (χ2v) is 6.59. The van der Waals surface area contributed by atoms with Crippen LogP contribution in [0.3, 0.4) is 0 Å². The normalized spacial score (nSPS) is 19.6. The second-order valence-electron chi connectivity index (χ2n) is 6.59. The highest BCUT2D eigenvalue weighted by molar-refractivity contribution is 5.14. The zero-order valence-electron chi connectivity index (χ0n) is 13.3. The van der Waals surface area contributed by atoms with Crippen LogP contribution in [0.1, 0.15) is 38.7 Å². The number of ether oxygens (including phenoxy) is 1. The van der Waals surface area contributed by atoms with Gasteiger partial charge in [0.25, 0.3) is 0 Å². The van der Waals surface area contributed by atoms with Crippen LogP contribution in [-0.4, -0.2) is 36.5 Å². The van der Waals surface area contributed by atoms with Gasteiger partial charge in [-0.25, -0.2) is 0 Å². The van der Waals surface area contributed by atoms with Crippen molar-refractivity contribution in [1.29, 1.82) is 0 Å². The minimum absolute atomic E-state index is 0.442. The SMILES string of the molecule is CC(C)C(CCc1ccccc1)NCC1(O)CCOCC1. The lowest BCUT2D eigenvalue weighted by Crippen LogP contribution is -2.49. The number of hydrogen-bond acceptors (Lipinski definition) is 3. The summed E-state index contributed by atoms with van der Waals surface area (Å²) < 4.78 is 5.34. The highest BCUT2D eigenvalue weighted by Crippen LogP contribution is 2.20. The number of aliphatic hydroxyl groups is 1.